The minimum Gasteiger partial charge on any atom is -0.337 e. The molecular weight excluding hydrogens is 344 g/mol. The molecule has 1 aliphatic heterocycles. The van der Waals surface area contributed by atoms with Crippen molar-refractivity contribution < 1.29 is 13.2 Å². The number of amides is 1. The summed E-state index contributed by atoms with van der Waals surface area (Å²) in [6.45, 7) is 3.88. The van der Waals surface area contributed by atoms with Crippen LogP contribution in [-0.4, -0.2) is 38.9 Å². The molecule has 2 N–H and O–H groups in total. The number of likely N-dealkylation sites (tertiary alicyclic amines) is 1. The lowest BCUT2D eigenvalue weighted by Crippen LogP contribution is -2.34. The van der Waals surface area contributed by atoms with Gasteiger partial charge in [-0.25, -0.2) is 8.42 Å². The lowest BCUT2D eigenvalue weighted by atomic mass is 9.90. The van der Waals surface area contributed by atoms with Gasteiger partial charge in [0.1, 0.15) is 4.21 Å². The van der Waals surface area contributed by atoms with Gasteiger partial charge in [0.05, 0.1) is 9.77 Å². The van der Waals surface area contributed by atoms with E-state index >= 15 is 0 Å². The summed E-state index contributed by atoms with van der Waals surface area (Å²) >= 11 is 1.03. The van der Waals surface area contributed by atoms with E-state index in [-0.39, 0.29) is 20.4 Å². The van der Waals surface area contributed by atoms with Crippen molar-refractivity contribution in [2.24, 2.45) is 11.1 Å². The number of thiophene rings is 1. The van der Waals surface area contributed by atoms with Gasteiger partial charge >= 0.3 is 0 Å². The normalized spacial score (nSPS) is 21.2. The standard InChI is InChI=1S/C17H20N2O3S2/c1-17(11-18)9-10-19(12-17)16(20)14-7-8-15(23-14)24(21,22)13-5-3-2-4-6-13/h2-8H,9-12,18H2,1H3. The Morgan fingerprint density at radius 1 is 1.25 bits per heavy atom. The molecule has 1 aromatic carbocycles. The van der Waals surface area contributed by atoms with Gasteiger partial charge in [0.2, 0.25) is 9.84 Å². The second-order valence-corrected chi connectivity index (χ2v) is 9.69. The van der Waals surface area contributed by atoms with Gasteiger partial charge in [-0.15, -0.1) is 11.3 Å². The molecule has 0 saturated carbocycles. The molecule has 7 heteroatoms. The largest absolute Gasteiger partial charge is 0.337 e. The molecule has 0 bridgehead atoms. The van der Waals surface area contributed by atoms with E-state index in [9.17, 15) is 13.2 Å². The van der Waals surface area contributed by atoms with E-state index in [0.717, 1.165) is 17.8 Å². The van der Waals surface area contributed by atoms with Gasteiger partial charge in [-0.3, -0.25) is 4.79 Å². The third-order valence-electron chi connectivity index (χ3n) is 4.45. The number of sulfone groups is 1. The summed E-state index contributed by atoms with van der Waals surface area (Å²) in [5, 5.41) is 0. The van der Waals surface area contributed by atoms with Gasteiger partial charge in [0.15, 0.2) is 0 Å². The summed E-state index contributed by atoms with van der Waals surface area (Å²) in [6.07, 6.45) is 0.871. The van der Waals surface area contributed by atoms with Crippen LogP contribution in [0.4, 0.5) is 0 Å². The van der Waals surface area contributed by atoms with Crippen LogP contribution in [0.1, 0.15) is 23.0 Å². The zero-order chi connectivity index (χ0) is 17.4. The predicted molar refractivity (Wildman–Crippen MR) is 93.9 cm³/mol. The average Bonchev–Trinajstić information content (AvgIpc) is 3.23. The fourth-order valence-corrected chi connectivity index (χ4v) is 5.51. The first-order chi connectivity index (χ1) is 11.4. The van der Waals surface area contributed by atoms with Crippen molar-refractivity contribution in [1.82, 2.24) is 4.90 Å². The fourth-order valence-electron chi connectivity index (χ4n) is 2.81. The Bertz CT molecular complexity index is 846. The van der Waals surface area contributed by atoms with Gasteiger partial charge in [0.25, 0.3) is 5.91 Å². The number of benzene rings is 1. The van der Waals surface area contributed by atoms with Crippen LogP contribution in [0.5, 0.6) is 0 Å². The van der Waals surface area contributed by atoms with E-state index in [4.69, 9.17) is 5.73 Å². The molecule has 1 atom stereocenters. The molecule has 24 heavy (non-hydrogen) atoms. The highest BCUT2D eigenvalue weighted by molar-refractivity contribution is 7.93. The quantitative estimate of drug-likeness (QED) is 0.903. The Kier molecular flexibility index (Phi) is 4.50. The van der Waals surface area contributed by atoms with Gasteiger partial charge in [-0.05, 0) is 42.6 Å². The average molecular weight is 364 g/mol. The second-order valence-electron chi connectivity index (χ2n) is 6.43. The van der Waals surface area contributed by atoms with E-state index in [1.54, 1.807) is 41.3 Å². The van der Waals surface area contributed by atoms with Crippen LogP contribution in [0.3, 0.4) is 0 Å². The summed E-state index contributed by atoms with van der Waals surface area (Å²) in [5.74, 6) is -0.119. The Morgan fingerprint density at radius 3 is 2.58 bits per heavy atom. The molecule has 0 aliphatic carbocycles. The molecule has 1 unspecified atom stereocenters. The molecule has 128 valence electrons. The molecule has 3 rings (SSSR count). The highest BCUT2D eigenvalue weighted by atomic mass is 32.2. The number of hydrogen-bond donors (Lipinski definition) is 1. The topological polar surface area (TPSA) is 80.5 Å². The van der Waals surface area contributed by atoms with Crippen LogP contribution >= 0.6 is 11.3 Å². The molecule has 1 saturated heterocycles. The summed E-state index contributed by atoms with van der Waals surface area (Å²) in [4.78, 5) is 15.1. The monoisotopic (exact) mass is 364 g/mol. The first-order valence-corrected chi connectivity index (χ1v) is 10.0. The lowest BCUT2D eigenvalue weighted by molar-refractivity contribution is 0.0781. The minimum atomic E-state index is -3.57. The van der Waals surface area contributed by atoms with Gasteiger partial charge in [-0.2, -0.15) is 0 Å². The predicted octanol–water partition coefficient (Wildman–Crippen LogP) is 2.39. The van der Waals surface area contributed by atoms with Crippen LogP contribution in [0.2, 0.25) is 0 Å². The number of carbonyl (C=O) groups is 1. The maximum absolute atomic E-state index is 12.6. The molecule has 1 fully saturated rings. The Balaban J connectivity index is 1.83. The van der Waals surface area contributed by atoms with Crippen LogP contribution in [-0.2, 0) is 9.84 Å². The molecular formula is C17H20N2O3S2. The SMILES string of the molecule is CC1(CN)CCN(C(=O)c2ccc(S(=O)(=O)c3ccccc3)s2)C1. The van der Waals surface area contributed by atoms with Crippen LogP contribution in [0.25, 0.3) is 0 Å². The van der Waals surface area contributed by atoms with E-state index in [0.29, 0.717) is 24.5 Å². The molecule has 1 aromatic heterocycles. The van der Waals surface area contributed by atoms with Crippen LogP contribution < -0.4 is 5.73 Å². The summed E-state index contributed by atoms with van der Waals surface area (Å²) in [5.41, 5.74) is 5.73. The molecule has 2 aromatic rings. The highest BCUT2D eigenvalue weighted by Crippen LogP contribution is 2.32. The summed E-state index contributed by atoms with van der Waals surface area (Å²) < 4.78 is 25.4. The van der Waals surface area contributed by atoms with E-state index in [1.165, 1.54) is 6.07 Å². The summed E-state index contributed by atoms with van der Waals surface area (Å²) in [7, 11) is -3.57. The first kappa shape index (κ1) is 17.1. The van der Waals surface area contributed by atoms with Crippen molar-refractivity contribution in [2.45, 2.75) is 22.4 Å². The van der Waals surface area contributed by atoms with E-state index < -0.39 is 9.84 Å². The zero-order valence-electron chi connectivity index (χ0n) is 13.4. The number of hydrogen-bond acceptors (Lipinski definition) is 5. The van der Waals surface area contributed by atoms with Crippen molar-refractivity contribution in [3.05, 3.63) is 47.3 Å². The lowest BCUT2D eigenvalue weighted by Gasteiger charge is -2.22. The maximum Gasteiger partial charge on any atom is 0.263 e. The third-order valence-corrected chi connectivity index (χ3v) is 7.78. The fraction of sp³-hybridized carbons (Fsp3) is 0.353. The van der Waals surface area contributed by atoms with E-state index in [1.807, 2.05) is 0 Å². The number of rotatable bonds is 4. The van der Waals surface area contributed by atoms with Crippen molar-refractivity contribution >= 4 is 27.1 Å². The Morgan fingerprint density at radius 2 is 1.96 bits per heavy atom. The second kappa shape index (κ2) is 6.31. The Labute approximate surface area is 146 Å². The molecule has 0 radical (unpaired) electrons. The van der Waals surface area contributed by atoms with Crippen LogP contribution in [0.15, 0.2) is 51.6 Å². The number of carbonyl (C=O) groups excluding carboxylic acids is 1. The van der Waals surface area contributed by atoms with Gasteiger partial charge in [-0.1, -0.05) is 25.1 Å². The highest BCUT2D eigenvalue weighted by Gasteiger charge is 2.35. The zero-order valence-corrected chi connectivity index (χ0v) is 15.1. The molecule has 5 nitrogen and oxygen atoms in total. The van der Waals surface area contributed by atoms with Gasteiger partial charge in [0, 0.05) is 13.1 Å². The maximum atomic E-state index is 12.6. The molecule has 1 amide bonds. The van der Waals surface area contributed by atoms with Crippen LogP contribution in [0, 0.1) is 5.41 Å². The minimum absolute atomic E-state index is 0.0497. The molecule has 1 aliphatic rings. The van der Waals surface area contributed by atoms with E-state index in [2.05, 4.69) is 6.92 Å². The first-order valence-electron chi connectivity index (χ1n) is 7.75. The van der Waals surface area contributed by atoms with Crippen molar-refractivity contribution in [3.63, 3.8) is 0 Å². The smallest absolute Gasteiger partial charge is 0.263 e. The summed E-state index contributed by atoms with van der Waals surface area (Å²) in [6, 6.07) is 11.4. The van der Waals surface area contributed by atoms with Crippen molar-refractivity contribution in [2.75, 3.05) is 19.6 Å². The number of nitrogens with zero attached hydrogens (tertiary/aromatic N) is 1. The van der Waals surface area contributed by atoms with Crippen molar-refractivity contribution in [1.29, 1.82) is 0 Å². The Hall–Kier alpha value is -1.70. The number of nitrogens with two attached hydrogens (primary N) is 1. The third kappa shape index (κ3) is 3.11. The molecule has 0 spiro atoms. The van der Waals surface area contributed by atoms with Gasteiger partial charge < -0.3 is 10.6 Å². The molecule has 2 heterocycles. The van der Waals surface area contributed by atoms with Crippen molar-refractivity contribution in [3.8, 4) is 0 Å².